The van der Waals surface area contributed by atoms with Gasteiger partial charge in [0, 0.05) is 6.61 Å². The quantitative estimate of drug-likeness (QED) is 0.840. The predicted molar refractivity (Wildman–Crippen MR) is 63.3 cm³/mol. The van der Waals surface area contributed by atoms with Crippen molar-refractivity contribution in [1.82, 2.24) is 9.97 Å². The maximum Gasteiger partial charge on any atom is 0.136 e. The van der Waals surface area contributed by atoms with Crippen molar-refractivity contribution in [3.63, 3.8) is 0 Å². The van der Waals surface area contributed by atoms with Crippen LogP contribution in [0.2, 0.25) is 0 Å². The molecule has 0 radical (unpaired) electrons. The molecule has 5 heteroatoms. The van der Waals surface area contributed by atoms with Crippen molar-refractivity contribution in [2.45, 2.75) is 25.4 Å². The second-order valence-electron chi connectivity index (χ2n) is 4.44. The molecule has 1 aromatic heterocycles. The lowest BCUT2D eigenvalue weighted by Gasteiger charge is -2.20. The number of hydrogen-bond acceptors (Lipinski definition) is 3. The van der Waals surface area contributed by atoms with E-state index < -0.39 is 5.82 Å². The first-order chi connectivity index (χ1) is 8.78. The minimum Gasteiger partial charge on any atom is -0.370 e. The summed E-state index contributed by atoms with van der Waals surface area (Å²) < 4.78 is 18.9. The lowest BCUT2D eigenvalue weighted by atomic mass is 10.1. The fourth-order valence-electron chi connectivity index (χ4n) is 2.30. The SMILES string of the molecule is N#Cc1cc(F)cc2[nH]c(C3CCCCO3)nc12. The number of H-pyrrole nitrogens is 1. The number of fused-ring (bicyclic) bond motifs is 1. The van der Waals surface area contributed by atoms with Gasteiger partial charge in [-0.25, -0.2) is 9.37 Å². The van der Waals surface area contributed by atoms with Crippen molar-refractivity contribution in [3.05, 3.63) is 29.3 Å². The molecule has 2 aromatic rings. The molecule has 0 bridgehead atoms. The van der Waals surface area contributed by atoms with Gasteiger partial charge in [0.05, 0.1) is 11.1 Å². The van der Waals surface area contributed by atoms with Gasteiger partial charge >= 0.3 is 0 Å². The van der Waals surface area contributed by atoms with Gasteiger partial charge in [-0.2, -0.15) is 5.26 Å². The Bertz CT molecular complexity index is 623. The summed E-state index contributed by atoms with van der Waals surface area (Å²) in [4.78, 5) is 7.43. The van der Waals surface area contributed by atoms with Crippen LogP contribution in [0.25, 0.3) is 11.0 Å². The van der Waals surface area contributed by atoms with E-state index >= 15 is 0 Å². The van der Waals surface area contributed by atoms with Crippen LogP contribution in [0.5, 0.6) is 0 Å². The van der Waals surface area contributed by atoms with E-state index in [0.29, 0.717) is 16.9 Å². The third-order valence-corrected chi connectivity index (χ3v) is 3.17. The van der Waals surface area contributed by atoms with Crippen molar-refractivity contribution in [2.24, 2.45) is 0 Å². The van der Waals surface area contributed by atoms with Crippen molar-refractivity contribution in [3.8, 4) is 6.07 Å². The van der Waals surface area contributed by atoms with Crippen LogP contribution in [0.15, 0.2) is 12.1 Å². The number of nitriles is 1. The van der Waals surface area contributed by atoms with Crippen molar-refractivity contribution in [2.75, 3.05) is 6.61 Å². The van der Waals surface area contributed by atoms with E-state index in [9.17, 15) is 4.39 Å². The minimum atomic E-state index is -0.432. The monoisotopic (exact) mass is 245 g/mol. The Labute approximate surface area is 103 Å². The van der Waals surface area contributed by atoms with Crippen molar-refractivity contribution < 1.29 is 9.13 Å². The van der Waals surface area contributed by atoms with Crippen LogP contribution < -0.4 is 0 Å². The second-order valence-corrected chi connectivity index (χ2v) is 4.44. The Balaban J connectivity index is 2.07. The molecule has 1 aromatic carbocycles. The highest BCUT2D eigenvalue weighted by atomic mass is 19.1. The fourth-order valence-corrected chi connectivity index (χ4v) is 2.30. The Hall–Kier alpha value is -1.93. The summed E-state index contributed by atoms with van der Waals surface area (Å²) >= 11 is 0. The number of hydrogen-bond donors (Lipinski definition) is 1. The molecule has 0 aliphatic carbocycles. The summed E-state index contributed by atoms with van der Waals surface area (Å²) in [6, 6.07) is 4.52. The number of imidazole rings is 1. The number of nitrogens with zero attached hydrogens (tertiary/aromatic N) is 2. The van der Waals surface area contributed by atoms with Gasteiger partial charge in [-0.1, -0.05) is 0 Å². The Morgan fingerprint density at radius 2 is 2.33 bits per heavy atom. The van der Waals surface area contributed by atoms with E-state index in [-0.39, 0.29) is 11.7 Å². The highest BCUT2D eigenvalue weighted by Gasteiger charge is 2.20. The van der Waals surface area contributed by atoms with Crippen molar-refractivity contribution in [1.29, 1.82) is 5.26 Å². The van der Waals surface area contributed by atoms with Crippen LogP contribution in [0.3, 0.4) is 0 Å². The largest absolute Gasteiger partial charge is 0.370 e. The zero-order valence-electron chi connectivity index (χ0n) is 9.74. The van der Waals surface area contributed by atoms with Gasteiger partial charge in [0.2, 0.25) is 0 Å². The standard InChI is InChI=1S/C13H12FN3O/c14-9-5-8(7-15)12-10(6-9)16-13(17-12)11-3-1-2-4-18-11/h5-6,11H,1-4H2,(H,16,17). The van der Waals surface area contributed by atoms with Gasteiger partial charge in [0.25, 0.3) is 0 Å². The first kappa shape index (κ1) is 11.2. The molecule has 1 atom stereocenters. The smallest absolute Gasteiger partial charge is 0.136 e. The Morgan fingerprint density at radius 1 is 1.44 bits per heavy atom. The maximum absolute atomic E-state index is 13.3. The molecule has 0 spiro atoms. The first-order valence-corrected chi connectivity index (χ1v) is 5.99. The first-order valence-electron chi connectivity index (χ1n) is 5.99. The summed E-state index contributed by atoms with van der Waals surface area (Å²) in [5, 5.41) is 8.98. The van der Waals surface area contributed by atoms with Gasteiger partial charge in [-0.3, -0.25) is 0 Å². The maximum atomic E-state index is 13.3. The molecule has 18 heavy (non-hydrogen) atoms. The predicted octanol–water partition coefficient (Wildman–Crippen LogP) is 2.82. The highest BCUT2D eigenvalue weighted by molar-refractivity contribution is 5.81. The normalized spacial score (nSPS) is 19.9. The summed E-state index contributed by atoms with van der Waals surface area (Å²) in [6.07, 6.45) is 3.00. The molecule has 0 saturated carbocycles. The minimum absolute atomic E-state index is 0.0687. The van der Waals surface area contributed by atoms with E-state index in [0.717, 1.165) is 25.9 Å². The number of benzene rings is 1. The molecule has 1 saturated heterocycles. The number of aromatic nitrogens is 2. The molecule has 1 unspecified atom stereocenters. The molecule has 3 rings (SSSR count). The van der Waals surface area contributed by atoms with Gasteiger partial charge in [0.15, 0.2) is 0 Å². The summed E-state index contributed by atoms with van der Waals surface area (Å²) in [5.74, 6) is 0.255. The van der Waals surface area contributed by atoms with Crippen LogP contribution in [-0.2, 0) is 4.74 Å². The molecule has 1 N–H and O–H groups in total. The second kappa shape index (κ2) is 4.39. The summed E-state index contributed by atoms with van der Waals surface area (Å²) in [7, 11) is 0. The number of nitrogens with one attached hydrogen (secondary N) is 1. The molecule has 0 amide bonds. The van der Waals surface area contributed by atoms with Crippen LogP contribution >= 0.6 is 0 Å². The van der Waals surface area contributed by atoms with E-state index in [1.807, 2.05) is 6.07 Å². The topological polar surface area (TPSA) is 61.7 Å². The van der Waals surface area contributed by atoms with Crippen LogP contribution in [0, 0.1) is 17.1 Å². The van der Waals surface area contributed by atoms with Gasteiger partial charge < -0.3 is 9.72 Å². The number of ether oxygens (including phenoxy) is 1. The molecular weight excluding hydrogens is 233 g/mol. The molecule has 1 fully saturated rings. The molecular formula is C13H12FN3O. The van der Waals surface area contributed by atoms with E-state index in [2.05, 4.69) is 9.97 Å². The Kier molecular flexibility index (Phi) is 2.73. The molecule has 92 valence electrons. The average molecular weight is 245 g/mol. The molecule has 1 aliphatic heterocycles. The number of rotatable bonds is 1. The molecule has 4 nitrogen and oxygen atoms in total. The molecule has 1 aliphatic rings. The van der Waals surface area contributed by atoms with E-state index in [1.165, 1.54) is 12.1 Å². The van der Waals surface area contributed by atoms with Crippen molar-refractivity contribution >= 4 is 11.0 Å². The average Bonchev–Trinajstić information content (AvgIpc) is 2.82. The Morgan fingerprint density at radius 3 is 3.06 bits per heavy atom. The van der Waals surface area contributed by atoms with Gasteiger partial charge in [0.1, 0.15) is 29.3 Å². The zero-order chi connectivity index (χ0) is 12.5. The third-order valence-electron chi connectivity index (χ3n) is 3.17. The summed E-state index contributed by atoms with van der Waals surface area (Å²) in [6.45, 7) is 0.723. The third kappa shape index (κ3) is 1.85. The lowest BCUT2D eigenvalue weighted by Crippen LogP contribution is -2.12. The highest BCUT2D eigenvalue weighted by Crippen LogP contribution is 2.28. The number of halogens is 1. The fraction of sp³-hybridized carbons (Fsp3) is 0.385. The van der Waals surface area contributed by atoms with Gasteiger partial charge in [-0.15, -0.1) is 0 Å². The number of aromatic amines is 1. The lowest BCUT2D eigenvalue weighted by molar-refractivity contribution is 0.0101. The van der Waals surface area contributed by atoms with E-state index in [1.54, 1.807) is 0 Å². The van der Waals surface area contributed by atoms with Crippen LogP contribution in [0.1, 0.15) is 36.8 Å². The van der Waals surface area contributed by atoms with Crippen LogP contribution in [0.4, 0.5) is 4.39 Å². The van der Waals surface area contributed by atoms with Crippen LogP contribution in [-0.4, -0.2) is 16.6 Å². The zero-order valence-corrected chi connectivity index (χ0v) is 9.74. The summed E-state index contributed by atoms with van der Waals surface area (Å²) in [5.41, 5.74) is 1.32. The van der Waals surface area contributed by atoms with E-state index in [4.69, 9.17) is 10.00 Å². The van der Waals surface area contributed by atoms with Gasteiger partial charge in [-0.05, 0) is 31.4 Å². The molecule has 2 heterocycles.